The summed E-state index contributed by atoms with van der Waals surface area (Å²) in [4.78, 5) is 0. The van der Waals surface area contributed by atoms with Gasteiger partial charge in [-0.15, -0.1) is 0 Å². The van der Waals surface area contributed by atoms with E-state index in [1.807, 2.05) is 0 Å². The van der Waals surface area contributed by atoms with E-state index in [1.165, 1.54) is 96.3 Å². The summed E-state index contributed by atoms with van der Waals surface area (Å²) in [5, 5.41) is 0. The van der Waals surface area contributed by atoms with Gasteiger partial charge >= 0.3 is 0 Å². The molecule has 5 rings (SSSR count). The van der Waals surface area contributed by atoms with Gasteiger partial charge in [-0.1, -0.05) is 158 Å². The first kappa shape index (κ1) is 53.0. The fourth-order valence-corrected chi connectivity index (χ4v) is 11.4. The van der Waals surface area contributed by atoms with Crippen molar-refractivity contribution in [2.24, 2.45) is 118 Å². The van der Waals surface area contributed by atoms with Gasteiger partial charge in [-0.05, 0) is 195 Å². The van der Waals surface area contributed by atoms with Crippen LogP contribution in [0.2, 0.25) is 0 Å². The van der Waals surface area contributed by atoms with Gasteiger partial charge in [-0.25, -0.2) is 0 Å². The van der Waals surface area contributed by atoms with E-state index < -0.39 is 0 Å². The molecule has 0 heterocycles. The number of rotatable bonds is 13. The first-order valence-corrected chi connectivity index (χ1v) is 25.5. The van der Waals surface area contributed by atoms with Crippen LogP contribution in [0.1, 0.15) is 235 Å². The summed E-state index contributed by atoms with van der Waals surface area (Å²) >= 11 is 0. The predicted molar refractivity (Wildman–Crippen MR) is 253 cm³/mol. The maximum absolute atomic E-state index is 2.38. The van der Waals surface area contributed by atoms with Crippen LogP contribution in [-0.2, 0) is 0 Å². The molecule has 0 bridgehead atoms. The lowest BCUT2D eigenvalue weighted by Crippen LogP contribution is -2.21. The van der Waals surface area contributed by atoms with Crippen molar-refractivity contribution in [2.75, 3.05) is 0 Å². The highest BCUT2D eigenvalue weighted by Gasteiger charge is 2.41. The van der Waals surface area contributed by atoms with Gasteiger partial charge in [0.2, 0.25) is 0 Å². The molecule has 0 N–H and O–H groups in total. The molecule has 5 aliphatic rings. The molecule has 8 unspecified atom stereocenters. The molecule has 0 aromatic heterocycles. The maximum atomic E-state index is 2.38. The Labute approximate surface area is 351 Å². The van der Waals surface area contributed by atoms with Crippen molar-refractivity contribution in [1.82, 2.24) is 0 Å². The predicted octanol–water partition coefficient (Wildman–Crippen LogP) is 18.6. The Morgan fingerprint density at radius 2 is 0.564 bits per heavy atom. The van der Waals surface area contributed by atoms with Crippen molar-refractivity contribution in [3.8, 4) is 0 Å². The highest BCUT2D eigenvalue weighted by atomic mass is 14.5. The average molecular weight is 771 g/mol. The van der Waals surface area contributed by atoms with Gasteiger partial charge in [0.25, 0.3) is 0 Å². The molecule has 0 nitrogen and oxygen atoms in total. The lowest BCUT2D eigenvalue weighted by molar-refractivity contribution is 0.189. The molecule has 0 amide bonds. The van der Waals surface area contributed by atoms with Crippen molar-refractivity contribution < 1.29 is 0 Å². The third-order valence-corrected chi connectivity index (χ3v) is 15.7. The highest BCUT2D eigenvalue weighted by Crippen LogP contribution is 2.49. The molecule has 0 heteroatoms. The van der Waals surface area contributed by atoms with E-state index >= 15 is 0 Å². The minimum absolute atomic E-state index is 0.901. The Hall–Kier alpha value is 0. The molecule has 0 saturated heterocycles. The van der Waals surface area contributed by atoms with Crippen molar-refractivity contribution in [3.05, 3.63) is 0 Å². The Morgan fingerprint density at radius 1 is 0.273 bits per heavy atom. The van der Waals surface area contributed by atoms with Crippen LogP contribution in [0.25, 0.3) is 0 Å². The van der Waals surface area contributed by atoms with Crippen LogP contribution in [0, 0.1) is 118 Å². The molecule has 330 valence electrons. The van der Waals surface area contributed by atoms with E-state index in [0.717, 1.165) is 118 Å². The van der Waals surface area contributed by atoms with E-state index in [0.29, 0.717) is 0 Å². The van der Waals surface area contributed by atoms with E-state index in [4.69, 9.17) is 0 Å². The lowest BCUT2D eigenvalue weighted by Gasteiger charge is -2.32. The highest BCUT2D eigenvalue weighted by molar-refractivity contribution is 4.90. The second-order valence-electron chi connectivity index (χ2n) is 24.3. The molecular formula is C55H110. The fourth-order valence-electron chi connectivity index (χ4n) is 11.4. The van der Waals surface area contributed by atoms with E-state index in [1.54, 1.807) is 0 Å². The summed E-state index contributed by atoms with van der Waals surface area (Å²) in [5.41, 5.74) is 0. The zero-order chi connectivity index (χ0) is 42.2. The molecule has 0 radical (unpaired) electrons. The van der Waals surface area contributed by atoms with Gasteiger partial charge in [0.15, 0.2) is 0 Å². The minimum Gasteiger partial charge on any atom is -0.0628 e. The Kier molecular flexibility index (Phi) is 26.0. The summed E-state index contributed by atoms with van der Waals surface area (Å²) in [7, 11) is 0. The first-order chi connectivity index (χ1) is 25.5. The molecule has 5 saturated carbocycles. The summed E-state index contributed by atoms with van der Waals surface area (Å²) in [6.07, 6.45) is 22.3. The Balaban J connectivity index is 0.000000346. The van der Waals surface area contributed by atoms with Gasteiger partial charge in [0, 0.05) is 0 Å². The summed E-state index contributed by atoms with van der Waals surface area (Å²) in [6, 6.07) is 0. The summed E-state index contributed by atoms with van der Waals surface area (Å²) < 4.78 is 0. The zero-order valence-electron chi connectivity index (χ0n) is 42.2. The topological polar surface area (TPSA) is 0 Å². The van der Waals surface area contributed by atoms with Crippen LogP contribution in [0.3, 0.4) is 0 Å². The SMILES string of the molecule is CC(C)C1CC1C(C)C.CC(C)C1CCC(C(C)C)C1.CC(C)C1CCC(C(C)C)CC1.CC(C)CC1CC1C(C)C.CC(C)CC1CCCC1CC(C)C. The van der Waals surface area contributed by atoms with Crippen LogP contribution in [-0.4, -0.2) is 0 Å². The van der Waals surface area contributed by atoms with E-state index in [2.05, 4.69) is 138 Å². The first-order valence-electron chi connectivity index (χ1n) is 25.5. The van der Waals surface area contributed by atoms with Crippen LogP contribution in [0.5, 0.6) is 0 Å². The molecule has 0 spiro atoms. The Bertz CT molecular complexity index is 848. The lowest BCUT2D eigenvalue weighted by atomic mass is 9.73. The van der Waals surface area contributed by atoms with Gasteiger partial charge < -0.3 is 0 Å². The van der Waals surface area contributed by atoms with E-state index in [-0.39, 0.29) is 0 Å². The van der Waals surface area contributed by atoms with Gasteiger partial charge in [-0.2, -0.15) is 0 Å². The van der Waals surface area contributed by atoms with Gasteiger partial charge in [0.1, 0.15) is 0 Å². The van der Waals surface area contributed by atoms with Crippen molar-refractivity contribution in [3.63, 3.8) is 0 Å². The Morgan fingerprint density at radius 3 is 0.782 bits per heavy atom. The van der Waals surface area contributed by atoms with E-state index in [9.17, 15) is 0 Å². The molecule has 0 aromatic carbocycles. The molecule has 8 atom stereocenters. The maximum Gasteiger partial charge on any atom is -0.0357 e. The normalized spacial score (nSPS) is 31.5. The average Bonchev–Trinajstić information content (AvgIpc) is 3.95. The van der Waals surface area contributed by atoms with Gasteiger partial charge in [0.05, 0.1) is 0 Å². The van der Waals surface area contributed by atoms with Crippen molar-refractivity contribution in [2.45, 2.75) is 235 Å². The molecule has 55 heavy (non-hydrogen) atoms. The summed E-state index contributed by atoms with van der Waals surface area (Å²) in [5.74, 6) is 19.7. The standard InChI is InChI=1S/C13H26.C12H24.C11H22.C10H20.C9H18/c1-10(2)8-12-6-5-7-13(12)9-11(3)4;1-9(2)11-5-7-12(8-6-11)10(3)4;1-8(2)10-5-6-11(7-10)9(3)4;1-7(2)5-9-6-10(9)8(3)4;1-6(2)8-5-9(8)7(3)4/h10-13H,5-9H2,1-4H3;9-12H,5-8H2,1-4H3;8-11H,5-7H2,1-4H3;7-10H,5-6H2,1-4H3;6-9H,5H2,1-4H3. The van der Waals surface area contributed by atoms with Gasteiger partial charge in [-0.3, -0.25) is 0 Å². The molecule has 5 aliphatic carbocycles. The smallest absolute Gasteiger partial charge is 0.0357 e. The van der Waals surface area contributed by atoms with Crippen LogP contribution in [0.15, 0.2) is 0 Å². The third-order valence-electron chi connectivity index (χ3n) is 15.7. The fraction of sp³-hybridized carbons (Fsp3) is 1.00. The van der Waals surface area contributed by atoms with Crippen molar-refractivity contribution in [1.29, 1.82) is 0 Å². The zero-order valence-corrected chi connectivity index (χ0v) is 42.2. The molecular weight excluding hydrogens is 661 g/mol. The molecule has 0 aliphatic heterocycles. The number of hydrogen-bond acceptors (Lipinski definition) is 0. The largest absolute Gasteiger partial charge is 0.0628 e. The van der Waals surface area contributed by atoms with Crippen LogP contribution >= 0.6 is 0 Å². The second kappa shape index (κ2) is 27.0. The third kappa shape index (κ3) is 22.3. The second-order valence-corrected chi connectivity index (χ2v) is 24.3. The molecule has 5 fully saturated rings. The monoisotopic (exact) mass is 771 g/mol. The minimum atomic E-state index is 0.901. The molecule has 0 aromatic rings. The van der Waals surface area contributed by atoms with Crippen LogP contribution in [0.4, 0.5) is 0 Å². The van der Waals surface area contributed by atoms with Crippen LogP contribution < -0.4 is 0 Å². The quantitative estimate of drug-likeness (QED) is 0.175. The summed E-state index contributed by atoms with van der Waals surface area (Å²) in [6.45, 7) is 47.2. The van der Waals surface area contributed by atoms with Crippen molar-refractivity contribution >= 4 is 0 Å². The number of hydrogen-bond donors (Lipinski definition) is 0.